The van der Waals surface area contributed by atoms with E-state index in [1.165, 1.54) is 11.1 Å². The molecule has 0 unspecified atom stereocenters. The molecule has 0 saturated carbocycles. The van der Waals surface area contributed by atoms with Gasteiger partial charge >= 0.3 is 0 Å². The van der Waals surface area contributed by atoms with E-state index < -0.39 is 0 Å². The standard InChI is InChI=1S/C14H15BrN2O3/c1-17(6-7-20-2)14(19)12-9-4-3-5-10(15)13(9)16-8-11(12)18/h3-5,8,18H,6-7H2,1-2H3. The average Bonchev–Trinajstić information content (AvgIpc) is 2.44. The number of methoxy groups -OCH3 is 1. The number of para-hydroxylation sites is 1. The highest BCUT2D eigenvalue weighted by molar-refractivity contribution is 9.10. The molecule has 0 aliphatic rings. The van der Waals surface area contributed by atoms with Gasteiger partial charge in [-0.05, 0) is 22.0 Å². The Kier molecular flexibility index (Phi) is 4.57. The van der Waals surface area contributed by atoms with Crippen molar-refractivity contribution >= 4 is 32.7 Å². The van der Waals surface area contributed by atoms with Crippen LogP contribution in [0.25, 0.3) is 10.9 Å². The molecule has 0 saturated heterocycles. The number of hydrogen-bond donors (Lipinski definition) is 1. The molecule has 5 nitrogen and oxygen atoms in total. The molecule has 106 valence electrons. The van der Waals surface area contributed by atoms with Crippen molar-refractivity contribution in [2.45, 2.75) is 0 Å². The van der Waals surface area contributed by atoms with Gasteiger partial charge in [0.25, 0.3) is 5.91 Å². The summed E-state index contributed by atoms with van der Waals surface area (Å²) < 4.78 is 5.74. The van der Waals surface area contributed by atoms with Crippen molar-refractivity contribution in [2.24, 2.45) is 0 Å². The van der Waals surface area contributed by atoms with E-state index in [1.54, 1.807) is 26.3 Å². The minimum Gasteiger partial charge on any atom is -0.505 e. The normalized spacial score (nSPS) is 10.8. The highest BCUT2D eigenvalue weighted by atomic mass is 79.9. The van der Waals surface area contributed by atoms with Gasteiger partial charge in [-0.1, -0.05) is 12.1 Å². The SMILES string of the molecule is COCCN(C)C(=O)c1c(O)cnc2c(Br)cccc12. The van der Waals surface area contributed by atoms with Crippen molar-refractivity contribution in [1.29, 1.82) is 0 Å². The Morgan fingerprint density at radius 2 is 2.25 bits per heavy atom. The predicted octanol–water partition coefficient (Wildman–Crippen LogP) is 2.42. The Bertz CT molecular complexity index is 646. The van der Waals surface area contributed by atoms with Crippen LogP contribution in [0.2, 0.25) is 0 Å². The van der Waals surface area contributed by atoms with Crippen molar-refractivity contribution in [3.05, 3.63) is 34.4 Å². The molecule has 0 aliphatic heterocycles. The third-order valence-corrected chi connectivity index (χ3v) is 3.66. The van der Waals surface area contributed by atoms with Crippen molar-refractivity contribution in [2.75, 3.05) is 27.3 Å². The van der Waals surface area contributed by atoms with Gasteiger partial charge in [-0.25, -0.2) is 0 Å². The number of likely N-dealkylation sites (N-methyl/N-ethyl adjacent to an activating group) is 1. The number of carbonyl (C=O) groups excluding carboxylic acids is 1. The van der Waals surface area contributed by atoms with Crippen molar-refractivity contribution in [3.63, 3.8) is 0 Å². The molecule has 0 fully saturated rings. The molecule has 6 heteroatoms. The molecule has 0 spiro atoms. The summed E-state index contributed by atoms with van der Waals surface area (Å²) in [6.45, 7) is 0.891. The van der Waals surface area contributed by atoms with E-state index in [1.807, 2.05) is 6.07 Å². The first kappa shape index (κ1) is 14.7. The molecular weight excluding hydrogens is 324 g/mol. The molecule has 1 amide bonds. The maximum Gasteiger partial charge on any atom is 0.258 e. The number of pyridine rings is 1. The number of hydrogen-bond acceptors (Lipinski definition) is 4. The minimum absolute atomic E-state index is 0.120. The van der Waals surface area contributed by atoms with Crippen LogP contribution in [0.5, 0.6) is 5.75 Å². The number of benzene rings is 1. The number of amides is 1. The maximum atomic E-state index is 12.5. The predicted molar refractivity (Wildman–Crippen MR) is 79.9 cm³/mol. The molecular formula is C14H15BrN2O3. The van der Waals surface area contributed by atoms with Gasteiger partial charge in [-0.3, -0.25) is 9.78 Å². The van der Waals surface area contributed by atoms with Gasteiger partial charge in [0.1, 0.15) is 5.75 Å². The smallest absolute Gasteiger partial charge is 0.258 e. The lowest BCUT2D eigenvalue weighted by Gasteiger charge is -2.18. The summed E-state index contributed by atoms with van der Waals surface area (Å²) in [6, 6.07) is 5.42. The molecule has 0 bridgehead atoms. The van der Waals surface area contributed by atoms with E-state index in [-0.39, 0.29) is 17.2 Å². The van der Waals surface area contributed by atoms with Gasteiger partial charge in [0, 0.05) is 30.6 Å². The van der Waals surface area contributed by atoms with E-state index in [2.05, 4.69) is 20.9 Å². The molecule has 20 heavy (non-hydrogen) atoms. The molecule has 0 aliphatic carbocycles. The van der Waals surface area contributed by atoms with Crippen LogP contribution in [-0.2, 0) is 4.74 Å². The topological polar surface area (TPSA) is 62.7 Å². The Balaban J connectivity index is 2.50. The van der Waals surface area contributed by atoms with Crippen LogP contribution in [0.3, 0.4) is 0 Å². The summed E-state index contributed by atoms with van der Waals surface area (Å²) in [4.78, 5) is 18.1. The Labute approximate surface area is 125 Å². The third kappa shape index (κ3) is 2.76. The highest BCUT2D eigenvalue weighted by Crippen LogP contribution is 2.30. The van der Waals surface area contributed by atoms with Gasteiger partial charge < -0.3 is 14.7 Å². The first-order valence-corrected chi connectivity index (χ1v) is 6.86. The van der Waals surface area contributed by atoms with E-state index >= 15 is 0 Å². The van der Waals surface area contributed by atoms with Gasteiger partial charge in [-0.15, -0.1) is 0 Å². The molecule has 0 atom stereocenters. The van der Waals surface area contributed by atoms with Gasteiger partial charge in [0.05, 0.1) is 23.9 Å². The summed E-state index contributed by atoms with van der Waals surface area (Å²) in [5, 5.41) is 10.6. The van der Waals surface area contributed by atoms with Crippen LogP contribution in [0, 0.1) is 0 Å². The number of halogens is 1. The van der Waals surface area contributed by atoms with Crippen LogP contribution in [0.4, 0.5) is 0 Å². The monoisotopic (exact) mass is 338 g/mol. The summed E-state index contributed by atoms with van der Waals surface area (Å²) >= 11 is 3.39. The van der Waals surface area contributed by atoms with Crippen LogP contribution >= 0.6 is 15.9 Å². The first-order chi connectivity index (χ1) is 9.56. The van der Waals surface area contributed by atoms with E-state index in [9.17, 15) is 9.90 Å². The zero-order chi connectivity index (χ0) is 14.7. The van der Waals surface area contributed by atoms with Crippen LogP contribution in [-0.4, -0.2) is 48.2 Å². The summed E-state index contributed by atoms with van der Waals surface area (Å²) in [7, 11) is 3.25. The summed E-state index contributed by atoms with van der Waals surface area (Å²) in [5.74, 6) is -0.380. The second kappa shape index (κ2) is 6.19. The van der Waals surface area contributed by atoms with Gasteiger partial charge in [0.15, 0.2) is 0 Å². The summed E-state index contributed by atoms with van der Waals surface area (Å²) in [5.41, 5.74) is 0.906. The second-order valence-corrected chi connectivity index (χ2v) is 5.23. The number of ether oxygens (including phenoxy) is 1. The quantitative estimate of drug-likeness (QED) is 0.929. The summed E-state index contributed by atoms with van der Waals surface area (Å²) in [6.07, 6.45) is 1.30. The van der Waals surface area contributed by atoms with Crippen LogP contribution in [0.1, 0.15) is 10.4 Å². The van der Waals surface area contributed by atoms with Crippen molar-refractivity contribution in [3.8, 4) is 5.75 Å². The van der Waals surface area contributed by atoms with Gasteiger partial charge in [-0.2, -0.15) is 0 Å². The fourth-order valence-electron chi connectivity index (χ4n) is 1.92. The van der Waals surface area contributed by atoms with Crippen molar-refractivity contribution < 1.29 is 14.6 Å². The fraction of sp³-hybridized carbons (Fsp3) is 0.286. The van der Waals surface area contributed by atoms with Crippen LogP contribution < -0.4 is 0 Å². The van der Waals surface area contributed by atoms with Crippen molar-refractivity contribution in [1.82, 2.24) is 9.88 Å². The molecule has 1 N–H and O–H groups in total. The fourth-order valence-corrected chi connectivity index (χ4v) is 2.39. The molecule has 1 heterocycles. The van der Waals surface area contributed by atoms with Crippen LogP contribution in [0.15, 0.2) is 28.9 Å². The van der Waals surface area contributed by atoms with Gasteiger partial charge in [0.2, 0.25) is 0 Å². The maximum absolute atomic E-state index is 12.5. The molecule has 1 aromatic carbocycles. The number of rotatable bonds is 4. The van der Waals surface area contributed by atoms with E-state index in [0.717, 1.165) is 4.47 Å². The molecule has 0 radical (unpaired) electrons. The largest absolute Gasteiger partial charge is 0.505 e. The highest BCUT2D eigenvalue weighted by Gasteiger charge is 2.20. The lowest BCUT2D eigenvalue weighted by molar-refractivity contribution is 0.0743. The molecule has 2 rings (SSSR count). The lowest BCUT2D eigenvalue weighted by Crippen LogP contribution is -2.30. The Morgan fingerprint density at radius 1 is 1.50 bits per heavy atom. The average molecular weight is 339 g/mol. The zero-order valence-corrected chi connectivity index (χ0v) is 12.8. The number of carbonyl (C=O) groups is 1. The minimum atomic E-state index is -0.259. The third-order valence-electron chi connectivity index (χ3n) is 3.02. The second-order valence-electron chi connectivity index (χ2n) is 4.37. The number of aromatic nitrogens is 1. The van der Waals surface area contributed by atoms with E-state index in [4.69, 9.17) is 4.74 Å². The number of fused-ring (bicyclic) bond motifs is 1. The first-order valence-electron chi connectivity index (χ1n) is 6.07. The Morgan fingerprint density at radius 3 is 2.95 bits per heavy atom. The number of nitrogens with zero attached hydrogens (tertiary/aromatic N) is 2. The van der Waals surface area contributed by atoms with E-state index in [0.29, 0.717) is 24.1 Å². The molecule has 2 aromatic rings. The lowest BCUT2D eigenvalue weighted by atomic mass is 10.1. The number of aromatic hydroxyl groups is 1. The zero-order valence-electron chi connectivity index (χ0n) is 11.3. The molecule has 1 aromatic heterocycles. The Hall–Kier alpha value is -1.66.